The fourth-order valence-electron chi connectivity index (χ4n) is 2.84. The molecule has 3 aromatic rings. The maximum Gasteiger partial charge on any atom is 0.330 e. The van der Waals surface area contributed by atoms with Crippen molar-refractivity contribution in [2.75, 3.05) is 13.7 Å². The van der Waals surface area contributed by atoms with Gasteiger partial charge in [0.2, 0.25) is 0 Å². The van der Waals surface area contributed by atoms with Crippen molar-refractivity contribution in [3.8, 4) is 11.4 Å². The number of methoxy groups -OCH3 is 1. The zero-order chi connectivity index (χ0) is 19.4. The normalized spacial score (nSPS) is 11.8. The van der Waals surface area contributed by atoms with Crippen LogP contribution in [0.3, 0.4) is 0 Å². The Morgan fingerprint density at radius 2 is 2.00 bits per heavy atom. The minimum absolute atomic E-state index is 0.244. The van der Waals surface area contributed by atoms with Gasteiger partial charge in [0, 0.05) is 30.0 Å². The lowest BCUT2D eigenvalue weighted by Crippen LogP contribution is -2.32. The number of imidazole rings is 1. The average molecular weight is 366 g/mol. The molecule has 1 amide bonds. The van der Waals surface area contributed by atoms with E-state index < -0.39 is 0 Å². The molecule has 0 saturated carbocycles. The number of aromatic nitrogens is 2. The Bertz CT molecular complexity index is 989. The third-order valence-electron chi connectivity index (χ3n) is 4.35. The van der Waals surface area contributed by atoms with E-state index in [0.717, 1.165) is 17.0 Å². The van der Waals surface area contributed by atoms with Gasteiger partial charge in [-0.05, 0) is 42.8 Å². The number of carbonyl (C=O) groups is 1. The Labute approximate surface area is 156 Å². The van der Waals surface area contributed by atoms with Crippen LogP contribution in [0.15, 0.2) is 59.5 Å². The van der Waals surface area contributed by atoms with Crippen LogP contribution >= 0.6 is 0 Å². The number of H-pyrrole nitrogens is 1. The smallest absolute Gasteiger partial charge is 0.330 e. The van der Waals surface area contributed by atoms with Crippen molar-refractivity contribution >= 4 is 5.91 Å². The monoisotopic (exact) mass is 366 g/mol. The second-order valence-corrected chi connectivity index (χ2v) is 6.21. The third-order valence-corrected chi connectivity index (χ3v) is 4.35. The molecule has 4 N–H and O–H groups in total. The molecule has 2 aromatic carbocycles. The van der Waals surface area contributed by atoms with E-state index in [0.29, 0.717) is 17.8 Å². The molecule has 7 nitrogen and oxygen atoms in total. The summed E-state index contributed by atoms with van der Waals surface area (Å²) in [6.45, 7) is 2.11. The molecular formula is C20H22N4O3. The average Bonchev–Trinajstić information content (AvgIpc) is 3.04. The quantitative estimate of drug-likeness (QED) is 0.620. The number of carbonyl (C=O) groups excluding carboxylic acids is 1. The van der Waals surface area contributed by atoms with E-state index in [1.54, 1.807) is 37.6 Å². The van der Waals surface area contributed by atoms with Crippen molar-refractivity contribution in [1.29, 1.82) is 0 Å². The Balaban J connectivity index is 1.69. The van der Waals surface area contributed by atoms with E-state index in [1.165, 1.54) is 4.57 Å². The lowest BCUT2D eigenvalue weighted by molar-refractivity contribution is 0.0951. The van der Waals surface area contributed by atoms with Crippen molar-refractivity contribution < 1.29 is 9.53 Å². The van der Waals surface area contributed by atoms with Gasteiger partial charge >= 0.3 is 5.69 Å². The first-order valence-electron chi connectivity index (χ1n) is 8.55. The van der Waals surface area contributed by atoms with Crippen LogP contribution in [0.1, 0.15) is 27.7 Å². The fourth-order valence-corrected chi connectivity index (χ4v) is 2.84. The van der Waals surface area contributed by atoms with Crippen molar-refractivity contribution in [2.24, 2.45) is 5.73 Å². The van der Waals surface area contributed by atoms with Gasteiger partial charge < -0.3 is 20.8 Å². The second kappa shape index (κ2) is 7.92. The van der Waals surface area contributed by atoms with E-state index in [9.17, 15) is 9.59 Å². The number of aryl methyl sites for hydroxylation is 1. The van der Waals surface area contributed by atoms with Gasteiger partial charge in [-0.25, -0.2) is 4.79 Å². The zero-order valence-electron chi connectivity index (χ0n) is 15.2. The highest BCUT2D eigenvalue weighted by Gasteiger charge is 2.12. The molecule has 140 valence electrons. The predicted molar refractivity (Wildman–Crippen MR) is 103 cm³/mol. The minimum Gasteiger partial charge on any atom is -0.497 e. The molecule has 0 spiro atoms. The summed E-state index contributed by atoms with van der Waals surface area (Å²) in [6.07, 6.45) is 1.63. The number of amides is 1. The Morgan fingerprint density at radius 3 is 2.63 bits per heavy atom. The summed E-state index contributed by atoms with van der Waals surface area (Å²) in [5.74, 6) is 0.504. The standard InChI is InChI=1S/C20H22N4O3/c1-13-11-23-20(26)24(13)16-5-3-4-15(10-16)19(25)22-12-18(21)14-6-8-17(27-2)9-7-14/h3-11,18H,12,21H2,1-2H3,(H,22,25)(H,23,26). The third kappa shape index (κ3) is 4.09. The van der Waals surface area contributed by atoms with E-state index in [-0.39, 0.29) is 17.6 Å². The molecule has 1 atom stereocenters. The highest BCUT2D eigenvalue weighted by Crippen LogP contribution is 2.16. The molecule has 0 aliphatic rings. The lowest BCUT2D eigenvalue weighted by Gasteiger charge is -2.14. The molecule has 1 heterocycles. The van der Waals surface area contributed by atoms with E-state index in [1.807, 2.05) is 31.2 Å². The van der Waals surface area contributed by atoms with Gasteiger partial charge in [0.05, 0.1) is 12.8 Å². The summed E-state index contributed by atoms with van der Waals surface area (Å²) >= 11 is 0. The summed E-state index contributed by atoms with van der Waals surface area (Å²) in [5, 5.41) is 2.84. The summed E-state index contributed by atoms with van der Waals surface area (Å²) in [5.41, 5.74) is 8.67. The predicted octanol–water partition coefficient (Wildman–Crippen LogP) is 1.91. The first-order valence-corrected chi connectivity index (χ1v) is 8.55. The second-order valence-electron chi connectivity index (χ2n) is 6.21. The number of nitrogens with two attached hydrogens (primary N) is 1. The molecule has 0 radical (unpaired) electrons. The van der Waals surface area contributed by atoms with Crippen LogP contribution in [0.2, 0.25) is 0 Å². The van der Waals surface area contributed by atoms with Crippen molar-refractivity contribution in [3.63, 3.8) is 0 Å². The Kier molecular flexibility index (Phi) is 5.42. The van der Waals surface area contributed by atoms with Gasteiger partial charge in [0.1, 0.15) is 5.75 Å². The topological polar surface area (TPSA) is 102 Å². The molecule has 0 bridgehead atoms. The molecule has 0 fully saturated rings. The van der Waals surface area contributed by atoms with E-state index in [2.05, 4.69) is 10.3 Å². The molecule has 7 heteroatoms. The van der Waals surface area contributed by atoms with Crippen molar-refractivity contribution in [2.45, 2.75) is 13.0 Å². The highest BCUT2D eigenvalue weighted by molar-refractivity contribution is 5.94. The summed E-state index contributed by atoms with van der Waals surface area (Å²) < 4.78 is 6.64. The van der Waals surface area contributed by atoms with Crippen LogP contribution < -0.4 is 21.5 Å². The number of rotatable bonds is 6. The van der Waals surface area contributed by atoms with Crippen LogP contribution in [-0.4, -0.2) is 29.1 Å². The van der Waals surface area contributed by atoms with Crippen LogP contribution in [0, 0.1) is 6.92 Å². The first-order chi connectivity index (χ1) is 13.0. The molecular weight excluding hydrogens is 344 g/mol. The lowest BCUT2D eigenvalue weighted by atomic mass is 10.1. The number of nitrogens with one attached hydrogen (secondary N) is 2. The SMILES string of the molecule is COc1ccc(C(N)CNC(=O)c2cccc(-n3c(C)c[nH]c3=O)c2)cc1. The van der Waals surface area contributed by atoms with Gasteiger partial charge in [-0.15, -0.1) is 0 Å². The van der Waals surface area contributed by atoms with Gasteiger partial charge in [0.15, 0.2) is 0 Å². The van der Waals surface area contributed by atoms with Crippen LogP contribution in [0.25, 0.3) is 5.69 Å². The molecule has 0 aliphatic heterocycles. The van der Waals surface area contributed by atoms with E-state index in [4.69, 9.17) is 10.5 Å². The zero-order valence-corrected chi connectivity index (χ0v) is 15.2. The molecule has 27 heavy (non-hydrogen) atoms. The molecule has 0 saturated heterocycles. The minimum atomic E-state index is -0.336. The largest absolute Gasteiger partial charge is 0.497 e. The fraction of sp³-hybridized carbons (Fsp3) is 0.200. The van der Waals surface area contributed by atoms with Crippen LogP contribution in [-0.2, 0) is 0 Å². The van der Waals surface area contributed by atoms with Crippen LogP contribution in [0.4, 0.5) is 0 Å². The number of ether oxygens (including phenoxy) is 1. The van der Waals surface area contributed by atoms with Gasteiger partial charge in [0.25, 0.3) is 5.91 Å². The molecule has 1 aromatic heterocycles. The van der Waals surface area contributed by atoms with Crippen LogP contribution in [0.5, 0.6) is 5.75 Å². The van der Waals surface area contributed by atoms with Gasteiger partial charge in [-0.3, -0.25) is 9.36 Å². The Hall–Kier alpha value is -3.32. The number of hydrogen-bond donors (Lipinski definition) is 3. The maximum atomic E-state index is 12.5. The molecule has 0 aliphatic carbocycles. The number of hydrogen-bond acceptors (Lipinski definition) is 4. The summed E-state index contributed by atoms with van der Waals surface area (Å²) in [4.78, 5) is 27.0. The molecule has 1 unspecified atom stereocenters. The number of nitrogens with zero attached hydrogens (tertiary/aromatic N) is 1. The van der Waals surface area contributed by atoms with E-state index >= 15 is 0 Å². The highest BCUT2D eigenvalue weighted by atomic mass is 16.5. The molecule has 3 rings (SSSR count). The number of aromatic amines is 1. The van der Waals surface area contributed by atoms with Crippen molar-refractivity contribution in [3.05, 3.63) is 82.0 Å². The first kappa shape index (κ1) is 18.5. The van der Waals surface area contributed by atoms with Crippen molar-refractivity contribution in [1.82, 2.24) is 14.9 Å². The Morgan fingerprint density at radius 1 is 1.26 bits per heavy atom. The number of benzene rings is 2. The van der Waals surface area contributed by atoms with Gasteiger partial charge in [-0.2, -0.15) is 0 Å². The maximum absolute atomic E-state index is 12.5. The van der Waals surface area contributed by atoms with Gasteiger partial charge in [-0.1, -0.05) is 18.2 Å². The summed E-state index contributed by atoms with van der Waals surface area (Å²) in [6, 6.07) is 14.0. The summed E-state index contributed by atoms with van der Waals surface area (Å²) in [7, 11) is 1.60.